The van der Waals surface area contributed by atoms with Crippen LogP contribution < -0.4 is 10.6 Å². The van der Waals surface area contributed by atoms with Gasteiger partial charge in [-0.2, -0.15) is 13.2 Å². The highest BCUT2D eigenvalue weighted by atomic mass is 35.5. The Morgan fingerprint density at radius 2 is 1.91 bits per heavy atom. The van der Waals surface area contributed by atoms with Crippen LogP contribution in [-0.2, 0) is 16.6 Å². The molecule has 2 aliphatic rings. The number of halogens is 5. The minimum atomic E-state index is -4.70. The second-order valence-electron chi connectivity index (χ2n) is 9.50. The number of carbonyl (C=O) groups excluding carboxylic acids is 1. The third-order valence-corrected chi connectivity index (χ3v) is 6.86. The number of hydrogen-bond donors (Lipinski definition) is 3. The van der Waals surface area contributed by atoms with Gasteiger partial charge in [-0.1, -0.05) is 38.1 Å². The normalized spacial score (nSPS) is 23.5. The van der Waals surface area contributed by atoms with E-state index in [1.54, 1.807) is 6.07 Å². The van der Waals surface area contributed by atoms with Crippen LogP contribution in [0.15, 0.2) is 42.6 Å². The van der Waals surface area contributed by atoms with E-state index < -0.39 is 30.3 Å². The maximum atomic E-state index is 13.9. The van der Waals surface area contributed by atoms with Gasteiger partial charge in [-0.05, 0) is 36.1 Å². The van der Waals surface area contributed by atoms with Crippen LogP contribution in [0.25, 0.3) is 0 Å². The van der Waals surface area contributed by atoms with Gasteiger partial charge in [0.15, 0.2) is 6.04 Å². The van der Waals surface area contributed by atoms with Crippen molar-refractivity contribution in [2.24, 2.45) is 0 Å². The van der Waals surface area contributed by atoms with Crippen molar-refractivity contribution >= 4 is 36.4 Å². The molecule has 3 N–H and O–H groups in total. The number of pyridine rings is 1. The molecule has 2 heterocycles. The molecule has 0 unspecified atom stereocenters. The molecule has 4 rings (SSSR count). The molecule has 2 aromatic rings. The van der Waals surface area contributed by atoms with E-state index in [-0.39, 0.29) is 54.9 Å². The Morgan fingerprint density at radius 1 is 1.23 bits per heavy atom. The van der Waals surface area contributed by atoms with Crippen LogP contribution in [0.3, 0.4) is 0 Å². The Balaban J connectivity index is 0.00000216. The lowest BCUT2D eigenvalue weighted by molar-refractivity contribution is -0.190. The van der Waals surface area contributed by atoms with Crippen LogP contribution in [0.5, 0.6) is 0 Å². The molecule has 6 nitrogen and oxygen atoms in total. The number of carbonyl (C=O) groups is 1. The zero-order chi connectivity index (χ0) is 24.0. The molecule has 1 fully saturated rings. The molecular weight excluding hydrogens is 504 g/mol. The predicted octanol–water partition coefficient (Wildman–Crippen LogP) is 4.02. The lowest BCUT2D eigenvalue weighted by atomic mass is 9.83. The summed E-state index contributed by atoms with van der Waals surface area (Å²) < 4.78 is 41.8. The third-order valence-electron chi connectivity index (χ3n) is 6.86. The number of fused-ring (bicyclic) bond motifs is 1. The fourth-order valence-corrected chi connectivity index (χ4v) is 4.94. The Hall–Kier alpha value is -2.07. The molecular formula is C24H31Cl2F3N4O2. The van der Waals surface area contributed by atoms with E-state index in [4.69, 9.17) is 0 Å². The Morgan fingerprint density at radius 3 is 2.46 bits per heavy atom. The molecule has 0 spiro atoms. The highest BCUT2D eigenvalue weighted by molar-refractivity contribution is 5.85. The van der Waals surface area contributed by atoms with E-state index in [0.717, 1.165) is 13.5 Å². The first-order valence-corrected chi connectivity index (χ1v) is 11.0. The summed E-state index contributed by atoms with van der Waals surface area (Å²) in [6.07, 6.45) is -3.15. The molecule has 1 aromatic heterocycles. The van der Waals surface area contributed by atoms with E-state index >= 15 is 0 Å². The quantitative estimate of drug-likeness (QED) is 0.540. The Kier molecular flexibility index (Phi) is 9.08. The van der Waals surface area contributed by atoms with Crippen molar-refractivity contribution in [2.45, 2.75) is 62.5 Å². The molecule has 4 atom stereocenters. The van der Waals surface area contributed by atoms with Crippen LogP contribution in [0.4, 0.5) is 18.9 Å². The maximum Gasteiger partial charge on any atom is 0.414 e. The Labute approximate surface area is 215 Å². The first-order chi connectivity index (χ1) is 15.5. The van der Waals surface area contributed by atoms with Crippen LogP contribution >= 0.6 is 24.8 Å². The van der Waals surface area contributed by atoms with Gasteiger partial charge in [0.25, 0.3) is 0 Å². The second-order valence-corrected chi connectivity index (χ2v) is 9.50. The van der Waals surface area contributed by atoms with Crippen LogP contribution in [0.1, 0.15) is 43.1 Å². The van der Waals surface area contributed by atoms with Crippen molar-refractivity contribution in [1.29, 1.82) is 0 Å². The molecule has 35 heavy (non-hydrogen) atoms. The van der Waals surface area contributed by atoms with E-state index in [1.807, 2.05) is 12.1 Å². The maximum absolute atomic E-state index is 13.9. The molecule has 1 amide bonds. The molecule has 0 bridgehead atoms. The molecule has 1 aliphatic heterocycles. The largest absolute Gasteiger partial charge is 0.414 e. The number of likely N-dealkylation sites (N-methyl/N-ethyl adjacent to an activating group) is 1. The first kappa shape index (κ1) is 29.2. The van der Waals surface area contributed by atoms with Gasteiger partial charge in [-0.25, -0.2) is 0 Å². The van der Waals surface area contributed by atoms with Gasteiger partial charge in [-0.3, -0.25) is 9.78 Å². The Bertz CT molecular complexity index is 1020. The van der Waals surface area contributed by atoms with Crippen molar-refractivity contribution in [3.05, 3.63) is 59.4 Å². The van der Waals surface area contributed by atoms with E-state index in [0.29, 0.717) is 10.6 Å². The topological polar surface area (TPSA) is 77.5 Å². The molecule has 0 radical (unpaired) electrons. The summed E-state index contributed by atoms with van der Waals surface area (Å²) in [6, 6.07) is 8.17. The number of hydrogen-bond acceptors (Lipinski definition) is 5. The highest BCUT2D eigenvalue weighted by Gasteiger charge is 2.48. The molecule has 1 saturated heterocycles. The SMILES string of the molecule is CN(C(=O)[C@@H]1C[C@@H](O)CN1)[C@@H](c1ccc(N[C@H]2Cc3ccccc3C2(C)C)cn1)C(F)(F)F.Cl.Cl. The van der Waals surface area contributed by atoms with Crippen LogP contribution in [0, 0.1) is 0 Å². The minimum absolute atomic E-state index is 0. The lowest BCUT2D eigenvalue weighted by Crippen LogP contribution is -2.47. The standard InChI is InChI=1S/C24H29F3N4O2.2ClH/c1-23(2)17-7-5-4-6-14(17)10-20(23)30-15-8-9-18(28-12-15)21(24(25,26)27)31(3)22(33)19-11-16(32)13-29-19;;/h4-9,12,16,19-21,29-30,32H,10-11,13H2,1-3H3;2*1H/t16-,19+,20+,21+;;/m1../s1. The predicted molar refractivity (Wildman–Crippen MR) is 133 cm³/mol. The minimum Gasteiger partial charge on any atom is -0.392 e. The number of benzene rings is 1. The van der Waals surface area contributed by atoms with Crippen molar-refractivity contribution in [3.8, 4) is 0 Å². The van der Waals surface area contributed by atoms with Gasteiger partial charge in [0.2, 0.25) is 5.91 Å². The van der Waals surface area contributed by atoms with Gasteiger partial charge in [0, 0.05) is 25.0 Å². The number of nitrogens with zero attached hydrogens (tertiary/aromatic N) is 2. The fraction of sp³-hybridized carbons (Fsp3) is 0.500. The summed E-state index contributed by atoms with van der Waals surface area (Å²) in [5, 5.41) is 15.8. The number of alkyl halides is 3. The molecule has 1 aromatic carbocycles. The average molecular weight is 535 g/mol. The summed E-state index contributed by atoms with van der Waals surface area (Å²) in [5.74, 6) is -0.719. The molecule has 0 saturated carbocycles. The van der Waals surface area contributed by atoms with Crippen LogP contribution in [-0.4, -0.2) is 58.9 Å². The number of nitrogens with one attached hydrogen (secondary N) is 2. The smallest absolute Gasteiger partial charge is 0.392 e. The number of rotatable bonds is 5. The average Bonchev–Trinajstić information content (AvgIpc) is 3.29. The fourth-order valence-electron chi connectivity index (χ4n) is 4.94. The summed E-state index contributed by atoms with van der Waals surface area (Å²) in [5.41, 5.74) is 2.74. The monoisotopic (exact) mass is 534 g/mol. The highest BCUT2D eigenvalue weighted by Crippen LogP contribution is 2.40. The molecule has 1 aliphatic carbocycles. The molecule has 194 valence electrons. The van der Waals surface area contributed by atoms with Gasteiger partial charge in [-0.15, -0.1) is 24.8 Å². The zero-order valence-electron chi connectivity index (χ0n) is 19.7. The second kappa shape index (κ2) is 10.9. The van der Waals surface area contributed by atoms with Crippen molar-refractivity contribution in [3.63, 3.8) is 0 Å². The lowest BCUT2D eigenvalue weighted by Gasteiger charge is -2.32. The number of anilines is 1. The third kappa shape index (κ3) is 5.85. The summed E-state index contributed by atoms with van der Waals surface area (Å²) in [7, 11) is 1.12. The first-order valence-electron chi connectivity index (χ1n) is 11.0. The van der Waals surface area contributed by atoms with Crippen molar-refractivity contribution in [2.75, 3.05) is 18.9 Å². The summed E-state index contributed by atoms with van der Waals surface area (Å²) >= 11 is 0. The summed E-state index contributed by atoms with van der Waals surface area (Å²) in [6.45, 7) is 4.47. The number of aliphatic hydroxyl groups excluding tert-OH is 1. The van der Waals surface area contributed by atoms with Gasteiger partial charge in [0.1, 0.15) is 0 Å². The van der Waals surface area contributed by atoms with Crippen molar-refractivity contribution < 1.29 is 23.1 Å². The van der Waals surface area contributed by atoms with Gasteiger partial charge in [0.05, 0.1) is 29.7 Å². The van der Waals surface area contributed by atoms with Gasteiger partial charge >= 0.3 is 6.18 Å². The molecule has 11 heteroatoms. The zero-order valence-corrected chi connectivity index (χ0v) is 21.3. The van der Waals surface area contributed by atoms with E-state index in [2.05, 4.69) is 41.6 Å². The van der Waals surface area contributed by atoms with Gasteiger partial charge < -0.3 is 20.6 Å². The van der Waals surface area contributed by atoms with E-state index in [9.17, 15) is 23.1 Å². The number of aliphatic hydroxyl groups is 1. The summed E-state index contributed by atoms with van der Waals surface area (Å²) in [4.78, 5) is 17.4. The van der Waals surface area contributed by atoms with Crippen LogP contribution in [0.2, 0.25) is 0 Å². The van der Waals surface area contributed by atoms with Crippen molar-refractivity contribution in [1.82, 2.24) is 15.2 Å². The number of β-amino-alcohol motifs (C(OH)–C–C–N with tert-alkyl or cyclic N) is 1. The number of amides is 1. The number of aromatic nitrogens is 1. The van der Waals surface area contributed by atoms with E-state index in [1.165, 1.54) is 23.4 Å².